The fraction of sp³-hybridized carbons (Fsp3) is 0.667. The Hall–Kier alpha value is -0.510. The maximum atomic E-state index is 10.2. The highest BCUT2D eigenvalue weighted by molar-refractivity contribution is 8.00. The lowest BCUT2D eigenvalue weighted by Crippen LogP contribution is -2.21. The van der Waals surface area contributed by atoms with Crippen molar-refractivity contribution in [2.75, 3.05) is 6.54 Å². The number of thioether (sulfide) groups is 1. The number of hydrogen-bond acceptors (Lipinski definition) is 3. The highest BCUT2D eigenvalue weighted by Gasteiger charge is 2.22. The Labute approximate surface area is 133 Å². The summed E-state index contributed by atoms with van der Waals surface area (Å²) < 4.78 is 0. The summed E-state index contributed by atoms with van der Waals surface area (Å²) in [5.41, 5.74) is 1.33. The Kier molecular flexibility index (Phi) is 7.08. The molecule has 2 rings (SSSR count). The van der Waals surface area contributed by atoms with E-state index in [1.807, 2.05) is 11.8 Å². The van der Waals surface area contributed by atoms with Gasteiger partial charge in [-0.25, -0.2) is 0 Å². The van der Waals surface area contributed by atoms with Crippen molar-refractivity contribution in [1.29, 1.82) is 0 Å². The van der Waals surface area contributed by atoms with Crippen molar-refractivity contribution >= 4 is 11.8 Å². The Morgan fingerprint density at radius 3 is 2.57 bits per heavy atom. The minimum absolute atomic E-state index is 0.134. The van der Waals surface area contributed by atoms with Crippen LogP contribution in [0.15, 0.2) is 29.2 Å². The third kappa shape index (κ3) is 6.01. The van der Waals surface area contributed by atoms with E-state index in [-0.39, 0.29) is 6.10 Å². The molecule has 0 spiro atoms. The summed E-state index contributed by atoms with van der Waals surface area (Å²) in [6.45, 7) is 6.45. The third-order valence-corrected chi connectivity index (χ3v) is 5.41. The molecular formula is C18H29NOS. The van der Waals surface area contributed by atoms with Gasteiger partial charge in [-0.15, -0.1) is 11.8 Å². The minimum Gasteiger partial charge on any atom is -0.392 e. The summed E-state index contributed by atoms with van der Waals surface area (Å²) in [4.78, 5) is 1.29. The third-order valence-electron chi connectivity index (χ3n) is 4.01. The smallest absolute Gasteiger partial charge is 0.0662 e. The van der Waals surface area contributed by atoms with Crippen LogP contribution in [0.3, 0.4) is 0 Å². The molecule has 1 fully saturated rings. The van der Waals surface area contributed by atoms with Gasteiger partial charge in [0, 0.05) is 16.7 Å². The molecule has 118 valence electrons. The highest BCUT2D eigenvalue weighted by Crippen LogP contribution is 2.33. The molecule has 2 N–H and O–H groups in total. The van der Waals surface area contributed by atoms with E-state index in [2.05, 4.69) is 43.4 Å². The maximum absolute atomic E-state index is 10.2. The van der Waals surface area contributed by atoms with Crippen molar-refractivity contribution in [3.63, 3.8) is 0 Å². The van der Waals surface area contributed by atoms with Crippen LogP contribution in [-0.4, -0.2) is 23.0 Å². The van der Waals surface area contributed by atoms with E-state index in [9.17, 15) is 5.11 Å². The number of hydrogen-bond donors (Lipinski definition) is 2. The Balaban J connectivity index is 1.83. The maximum Gasteiger partial charge on any atom is 0.0662 e. The topological polar surface area (TPSA) is 32.3 Å². The predicted octanol–water partition coefficient (Wildman–Crippen LogP) is 4.22. The van der Waals surface area contributed by atoms with Crippen LogP contribution < -0.4 is 5.32 Å². The van der Waals surface area contributed by atoms with Gasteiger partial charge in [0.1, 0.15) is 0 Å². The summed E-state index contributed by atoms with van der Waals surface area (Å²) in [7, 11) is 0. The van der Waals surface area contributed by atoms with E-state index in [0.29, 0.717) is 11.2 Å². The van der Waals surface area contributed by atoms with Gasteiger partial charge >= 0.3 is 0 Å². The van der Waals surface area contributed by atoms with Crippen LogP contribution in [0.25, 0.3) is 0 Å². The molecule has 2 atom stereocenters. The lowest BCUT2D eigenvalue weighted by molar-refractivity contribution is 0.163. The Morgan fingerprint density at radius 1 is 1.14 bits per heavy atom. The normalized spacial score (nSPS) is 23.2. The Morgan fingerprint density at radius 2 is 1.86 bits per heavy atom. The SMILES string of the molecule is CC(C)CNCc1ccc(SC2CCCCCC2O)cc1. The fourth-order valence-electron chi connectivity index (χ4n) is 2.76. The second kappa shape index (κ2) is 8.82. The molecule has 0 saturated heterocycles. The molecule has 2 nitrogen and oxygen atoms in total. The molecule has 1 saturated carbocycles. The summed E-state index contributed by atoms with van der Waals surface area (Å²) >= 11 is 1.85. The monoisotopic (exact) mass is 307 g/mol. The van der Waals surface area contributed by atoms with Gasteiger partial charge in [0.05, 0.1) is 6.10 Å². The second-order valence-electron chi connectivity index (χ2n) is 6.53. The molecule has 0 aliphatic heterocycles. The number of nitrogens with one attached hydrogen (secondary N) is 1. The molecular weight excluding hydrogens is 278 g/mol. The summed E-state index contributed by atoms with van der Waals surface area (Å²) in [5, 5.41) is 14.0. The Bertz CT molecular complexity index is 404. The molecule has 2 unspecified atom stereocenters. The molecule has 21 heavy (non-hydrogen) atoms. The van der Waals surface area contributed by atoms with Crippen LogP contribution in [0.5, 0.6) is 0 Å². The van der Waals surface area contributed by atoms with Crippen molar-refractivity contribution in [2.24, 2.45) is 5.92 Å². The van der Waals surface area contributed by atoms with Crippen LogP contribution in [0.1, 0.15) is 51.5 Å². The second-order valence-corrected chi connectivity index (χ2v) is 7.84. The van der Waals surface area contributed by atoms with Crippen LogP contribution in [-0.2, 0) is 6.54 Å². The van der Waals surface area contributed by atoms with Crippen LogP contribution in [0.4, 0.5) is 0 Å². The molecule has 0 heterocycles. The van der Waals surface area contributed by atoms with E-state index in [0.717, 1.165) is 25.9 Å². The summed E-state index contributed by atoms with van der Waals surface area (Å²) in [6.07, 6.45) is 5.68. The number of benzene rings is 1. The molecule has 1 aliphatic rings. The largest absolute Gasteiger partial charge is 0.392 e. The van der Waals surface area contributed by atoms with Crippen molar-refractivity contribution in [2.45, 2.75) is 68.7 Å². The molecule has 1 aromatic rings. The van der Waals surface area contributed by atoms with Gasteiger partial charge in [0.15, 0.2) is 0 Å². The van der Waals surface area contributed by atoms with Gasteiger partial charge in [-0.3, -0.25) is 0 Å². The van der Waals surface area contributed by atoms with Crippen molar-refractivity contribution < 1.29 is 5.11 Å². The van der Waals surface area contributed by atoms with E-state index in [1.54, 1.807) is 0 Å². The van der Waals surface area contributed by atoms with E-state index < -0.39 is 0 Å². The van der Waals surface area contributed by atoms with Crippen molar-refractivity contribution in [1.82, 2.24) is 5.32 Å². The van der Waals surface area contributed by atoms with Crippen LogP contribution in [0, 0.1) is 5.92 Å². The zero-order chi connectivity index (χ0) is 15.1. The lowest BCUT2D eigenvalue weighted by Gasteiger charge is -2.19. The molecule has 1 aliphatic carbocycles. The van der Waals surface area contributed by atoms with Gasteiger partial charge in [-0.05, 0) is 43.0 Å². The minimum atomic E-state index is -0.134. The van der Waals surface area contributed by atoms with Crippen molar-refractivity contribution in [3.05, 3.63) is 29.8 Å². The molecule has 3 heteroatoms. The number of aliphatic hydroxyl groups is 1. The standard InChI is InChI=1S/C18H29NOS/c1-14(2)12-19-13-15-8-10-16(11-9-15)21-18-7-5-3-4-6-17(18)20/h8-11,14,17-20H,3-7,12-13H2,1-2H3. The van der Waals surface area contributed by atoms with Crippen LogP contribution in [0.2, 0.25) is 0 Å². The van der Waals surface area contributed by atoms with Gasteiger partial charge < -0.3 is 10.4 Å². The summed E-state index contributed by atoms with van der Waals surface area (Å²) in [6, 6.07) is 8.82. The molecule has 0 amide bonds. The predicted molar refractivity (Wildman–Crippen MR) is 91.7 cm³/mol. The van der Waals surface area contributed by atoms with Crippen molar-refractivity contribution in [3.8, 4) is 0 Å². The van der Waals surface area contributed by atoms with Gasteiger partial charge in [0.25, 0.3) is 0 Å². The van der Waals surface area contributed by atoms with Gasteiger partial charge in [-0.2, -0.15) is 0 Å². The quantitative estimate of drug-likeness (QED) is 0.772. The van der Waals surface area contributed by atoms with Crippen LogP contribution >= 0.6 is 11.8 Å². The molecule has 0 radical (unpaired) electrons. The fourth-order valence-corrected chi connectivity index (χ4v) is 3.98. The molecule has 1 aromatic carbocycles. The zero-order valence-electron chi connectivity index (χ0n) is 13.3. The van der Waals surface area contributed by atoms with E-state index >= 15 is 0 Å². The lowest BCUT2D eigenvalue weighted by atomic mass is 10.1. The first-order chi connectivity index (χ1) is 10.1. The molecule has 0 aromatic heterocycles. The first kappa shape index (κ1) is 16.9. The zero-order valence-corrected chi connectivity index (χ0v) is 14.2. The first-order valence-electron chi connectivity index (χ1n) is 8.29. The van der Waals surface area contributed by atoms with E-state index in [4.69, 9.17) is 0 Å². The first-order valence-corrected chi connectivity index (χ1v) is 9.17. The average molecular weight is 308 g/mol. The number of rotatable bonds is 6. The number of aliphatic hydroxyl groups excluding tert-OH is 1. The van der Waals surface area contributed by atoms with E-state index in [1.165, 1.54) is 29.7 Å². The average Bonchev–Trinajstić information content (AvgIpc) is 2.66. The van der Waals surface area contributed by atoms with Gasteiger partial charge in [0.2, 0.25) is 0 Å². The highest BCUT2D eigenvalue weighted by atomic mass is 32.2. The molecule has 0 bridgehead atoms. The summed E-state index contributed by atoms with van der Waals surface area (Å²) in [5.74, 6) is 0.691. The van der Waals surface area contributed by atoms with Gasteiger partial charge in [-0.1, -0.05) is 45.2 Å².